The maximum Gasteiger partial charge on any atom is 0.303 e. The number of esters is 1. The summed E-state index contributed by atoms with van der Waals surface area (Å²) in [6, 6.07) is 0.262. The number of carbonyl (C=O) groups is 1. The summed E-state index contributed by atoms with van der Waals surface area (Å²) in [5.74, 6) is -0.399. The van der Waals surface area contributed by atoms with E-state index in [-0.39, 0.29) is 25.7 Å². The monoisotopic (exact) mass is 303 g/mol. The molecule has 21 heavy (non-hydrogen) atoms. The van der Waals surface area contributed by atoms with E-state index in [1.807, 2.05) is 13.8 Å². The standard InChI is InChI=1S/C14H25NO6/c1-8(2)15-5-10(17)4-14(18)7-20-12-11(21-9(3)16)6-19-13(12)14/h8,10-13,15,17-18H,4-7H2,1-3H3/t10?,11-,12-,13+,14+/m1/s1. The number of hydrogen-bond donors (Lipinski definition) is 3. The molecule has 0 saturated carbocycles. The highest BCUT2D eigenvalue weighted by atomic mass is 16.6. The van der Waals surface area contributed by atoms with Gasteiger partial charge in [0.1, 0.15) is 17.8 Å². The van der Waals surface area contributed by atoms with Gasteiger partial charge in [0, 0.05) is 25.9 Å². The van der Waals surface area contributed by atoms with Crippen LogP contribution in [0.15, 0.2) is 0 Å². The number of ether oxygens (including phenoxy) is 3. The first kappa shape index (κ1) is 16.6. The molecular formula is C14H25NO6. The van der Waals surface area contributed by atoms with Crippen LogP contribution in [0, 0.1) is 0 Å². The first-order chi connectivity index (χ1) is 9.82. The summed E-state index contributed by atoms with van der Waals surface area (Å²) in [6.45, 7) is 5.97. The van der Waals surface area contributed by atoms with E-state index in [0.717, 1.165) is 0 Å². The molecule has 0 aromatic heterocycles. The van der Waals surface area contributed by atoms with E-state index < -0.39 is 36.0 Å². The van der Waals surface area contributed by atoms with Crippen molar-refractivity contribution in [3.8, 4) is 0 Å². The van der Waals surface area contributed by atoms with Crippen molar-refractivity contribution in [2.45, 2.75) is 63.3 Å². The Balaban J connectivity index is 1.91. The third-order valence-corrected chi connectivity index (χ3v) is 3.83. The molecule has 0 aromatic rings. The van der Waals surface area contributed by atoms with Crippen LogP contribution in [0.4, 0.5) is 0 Å². The zero-order valence-electron chi connectivity index (χ0n) is 12.7. The van der Waals surface area contributed by atoms with Gasteiger partial charge in [-0.3, -0.25) is 4.79 Å². The second kappa shape index (κ2) is 6.58. The average Bonchev–Trinajstić information content (AvgIpc) is 2.90. The normalized spacial score (nSPS) is 36.8. The SMILES string of the molecule is CC(=O)O[C@@H]1CO[C@H]2[C@@H]1OC[C@@]2(O)CC(O)CNC(C)C. The van der Waals surface area contributed by atoms with Gasteiger partial charge in [-0.1, -0.05) is 13.8 Å². The lowest BCUT2D eigenvalue weighted by Gasteiger charge is -2.29. The van der Waals surface area contributed by atoms with Crippen molar-refractivity contribution in [2.24, 2.45) is 0 Å². The Morgan fingerprint density at radius 2 is 2.19 bits per heavy atom. The Morgan fingerprint density at radius 1 is 1.48 bits per heavy atom. The largest absolute Gasteiger partial charge is 0.457 e. The molecule has 2 fully saturated rings. The third-order valence-electron chi connectivity index (χ3n) is 3.83. The van der Waals surface area contributed by atoms with Crippen LogP contribution in [0.5, 0.6) is 0 Å². The summed E-state index contributed by atoms with van der Waals surface area (Å²) in [6.07, 6.45) is -2.08. The summed E-state index contributed by atoms with van der Waals surface area (Å²) >= 11 is 0. The lowest BCUT2D eigenvalue weighted by molar-refractivity contribution is -0.151. The molecule has 0 radical (unpaired) electrons. The fraction of sp³-hybridized carbons (Fsp3) is 0.929. The summed E-state index contributed by atoms with van der Waals surface area (Å²) in [7, 11) is 0. The molecule has 2 rings (SSSR count). The highest BCUT2D eigenvalue weighted by Gasteiger charge is 2.57. The molecule has 0 aliphatic carbocycles. The molecule has 1 unspecified atom stereocenters. The van der Waals surface area contributed by atoms with Gasteiger partial charge < -0.3 is 29.7 Å². The molecule has 0 aromatic carbocycles. The number of hydrogen-bond acceptors (Lipinski definition) is 7. The Hall–Kier alpha value is -0.730. The molecule has 7 heteroatoms. The van der Waals surface area contributed by atoms with Gasteiger partial charge in [-0.15, -0.1) is 0 Å². The van der Waals surface area contributed by atoms with Crippen LogP contribution in [0.25, 0.3) is 0 Å². The summed E-state index contributed by atoms with van der Waals surface area (Å²) in [5, 5.41) is 23.8. The Morgan fingerprint density at radius 3 is 2.81 bits per heavy atom. The molecule has 2 heterocycles. The number of aliphatic hydroxyl groups excluding tert-OH is 1. The third kappa shape index (κ3) is 3.92. The predicted octanol–water partition coefficient (Wildman–Crippen LogP) is -0.804. The predicted molar refractivity (Wildman–Crippen MR) is 73.7 cm³/mol. The highest BCUT2D eigenvalue weighted by Crippen LogP contribution is 2.38. The van der Waals surface area contributed by atoms with Gasteiger partial charge >= 0.3 is 5.97 Å². The fourth-order valence-electron chi connectivity index (χ4n) is 2.90. The van der Waals surface area contributed by atoms with Crippen LogP contribution < -0.4 is 5.32 Å². The summed E-state index contributed by atoms with van der Waals surface area (Å²) in [5.41, 5.74) is -1.25. The van der Waals surface area contributed by atoms with Crippen LogP contribution in [0.3, 0.4) is 0 Å². The van der Waals surface area contributed by atoms with Gasteiger partial charge in [0.05, 0.1) is 19.3 Å². The molecule has 7 nitrogen and oxygen atoms in total. The quantitative estimate of drug-likeness (QED) is 0.552. The Labute approximate surface area is 124 Å². The van der Waals surface area contributed by atoms with Crippen molar-refractivity contribution < 1.29 is 29.2 Å². The van der Waals surface area contributed by atoms with Crippen molar-refractivity contribution in [3.05, 3.63) is 0 Å². The topological polar surface area (TPSA) is 97.3 Å². The van der Waals surface area contributed by atoms with E-state index in [2.05, 4.69) is 5.32 Å². The molecule has 2 aliphatic heterocycles. The number of nitrogens with one attached hydrogen (secondary N) is 1. The molecule has 0 amide bonds. The number of rotatable bonds is 6. The minimum absolute atomic E-state index is 0.0683. The van der Waals surface area contributed by atoms with Crippen molar-refractivity contribution in [2.75, 3.05) is 19.8 Å². The lowest BCUT2D eigenvalue weighted by Crippen LogP contribution is -2.48. The fourth-order valence-corrected chi connectivity index (χ4v) is 2.90. The van der Waals surface area contributed by atoms with Gasteiger partial charge in [0.2, 0.25) is 0 Å². The smallest absolute Gasteiger partial charge is 0.303 e. The second-order valence-corrected chi connectivity index (χ2v) is 6.20. The van der Waals surface area contributed by atoms with E-state index in [4.69, 9.17) is 14.2 Å². The Bertz CT molecular complexity index is 376. The Kier molecular flexibility index (Phi) is 5.21. The molecule has 3 N–H and O–H groups in total. The first-order valence-corrected chi connectivity index (χ1v) is 7.36. The molecule has 5 atom stereocenters. The van der Waals surface area contributed by atoms with Gasteiger partial charge in [0.15, 0.2) is 6.10 Å². The molecular weight excluding hydrogens is 278 g/mol. The van der Waals surface area contributed by atoms with E-state index in [0.29, 0.717) is 6.54 Å². The van der Waals surface area contributed by atoms with Crippen LogP contribution >= 0.6 is 0 Å². The zero-order valence-corrected chi connectivity index (χ0v) is 12.7. The average molecular weight is 303 g/mol. The molecule has 2 aliphatic rings. The van der Waals surface area contributed by atoms with Crippen molar-refractivity contribution in [1.29, 1.82) is 0 Å². The van der Waals surface area contributed by atoms with Gasteiger partial charge in [-0.25, -0.2) is 0 Å². The van der Waals surface area contributed by atoms with Crippen molar-refractivity contribution in [3.63, 3.8) is 0 Å². The van der Waals surface area contributed by atoms with Crippen LogP contribution in [0.1, 0.15) is 27.2 Å². The number of fused-ring (bicyclic) bond motifs is 1. The van der Waals surface area contributed by atoms with E-state index >= 15 is 0 Å². The van der Waals surface area contributed by atoms with E-state index in [1.165, 1.54) is 6.92 Å². The van der Waals surface area contributed by atoms with E-state index in [1.54, 1.807) is 0 Å². The maximum atomic E-state index is 11.0. The first-order valence-electron chi connectivity index (χ1n) is 7.36. The van der Waals surface area contributed by atoms with Gasteiger partial charge in [-0.2, -0.15) is 0 Å². The van der Waals surface area contributed by atoms with E-state index in [9.17, 15) is 15.0 Å². The number of aliphatic hydroxyl groups is 2. The van der Waals surface area contributed by atoms with Crippen molar-refractivity contribution >= 4 is 5.97 Å². The minimum atomic E-state index is -1.25. The molecule has 0 spiro atoms. The van der Waals surface area contributed by atoms with Crippen molar-refractivity contribution in [1.82, 2.24) is 5.32 Å². The number of carbonyl (C=O) groups excluding carboxylic acids is 1. The zero-order chi connectivity index (χ0) is 15.6. The highest BCUT2D eigenvalue weighted by molar-refractivity contribution is 5.66. The maximum absolute atomic E-state index is 11.0. The molecule has 2 saturated heterocycles. The van der Waals surface area contributed by atoms with Crippen LogP contribution in [-0.4, -0.2) is 72.0 Å². The minimum Gasteiger partial charge on any atom is -0.457 e. The molecule has 0 bridgehead atoms. The summed E-state index contributed by atoms with van der Waals surface area (Å²) in [4.78, 5) is 11.0. The van der Waals surface area contributed by atoms with Gasteiger partial charge in [0.25, 0.3) is 0 Å². The van der Waals surface area contributed by atoms with Crippen LogP contribution in [0.2, 0.25) is 0 Å². The van der Waals surface area contributed by atoms with Crippen LogP contribution in [-0.2, 0) is 19.0 Å². The second-order valence-electron chi connectivity index (χ2n) is 6.20. The lowest BCUT2D eigenvalue weighted by atomic mass is 9.90. The molecule has 122 valence electrons. The van der Waals surface area contributed by atoms with Gasteiger partial charge in [-0.05, 0) is 0 Å². The summed E-state index contributed by atoms with van der Waals surface area (Å²) < 4.78 is 16.2.